The lowest BCUT2D eigenvalue weighted by Gasteiger charge is -2.23. The summed E-state index contributed by atoms with van der Waals surface area (Å²) in [5, 5.41) is 5.03. The van der Waals surface area contributed by atoms with Gasteiger partial charge in [0.1, 0.15) is 6.54 Å². The van der Waals surface area contributed by atoms with Crippen molar-refractivity contribution in [3.05, 3.63) is 42.0 Å². The molecule has 2 amide bonds. The average molecular weight is 322 g/mol. The van der Waals surface area contributed by atoms with Gasteiger partial charge in [-0.05, 0) is 36.3 Å². The maximum Gasteiger partial charge on any atom is 0.259 e. The minimum absolute atomic E-state index is 0.0706. The molecule has 4 nitrogen and oxygen atoms in total. The van der Waals surface area contributed by atoms with E-state index < -0.39 is 0 Å². The van der Waals surface area contributed by atoms with Crippen molar-refractivity contribution in [3.63, 3.8) is 0 Å². The molecule has 1 aliphatic carbocycles. The summed E-state index contributed by atoms with van der Waals surface area (Å²) in [4.78, 5) is 26.6. The highest BCUT2D eigenvalue weighted by Crippen LogP contribution is 2.36. The number of benzene rings is 2. The summed E-state index contributed by atoms with van der Waals surface area (Å²) in [5.74, 6) is 0.450. The molecule has 0 aromatic heterocycles. The van der Waals surface area contributed by atoms with Crippen LogP contribution in [-0.4, -0.2) is 24.9 Å². The van der Waals surface area contributed by atoms with E-state index >= 15 is 0 Å². The van der Waals surface area contributed by atoms with Crippen LogP contribution in [0.5, 0.6) is 0 Å². The predicted molar refractivity (Wildman–Crippen MR) is 95.2 cm³/mol. The SMILES string of the molecule is O=C(CN1C(=O)c2cccc3cccc1c23)NCC1CCCCC1. The van der Waals surface area contributed by atoms with E-state index in [-0.39, 0.29) is 18.4 Å². The molecule has 1 aliphatic heterocycles. The summed E-state index contributed by atoms with van der Waals surface area (Å²) in [7, 11) is 0. The predicted octanol–water partition coefficient (Wildman–Crippen LogP) is 3.50. The van der Waals surface area contributed by atoms with E-state index in [1.807, 2.05) is 36.4 Å². The molecule has 4 rings (SSSR count). The first kappa shape index (κ1) is 15.2. The van der Waals surface area contributed by atoms with Gasteiger partial charge < -0.3 is 5.32 Å². The Bertz CT molecular complexity index is 788. The largest absolute Gasteiger partial charge is 0.354 e. The van der Waals surface area contributed by atoms with Crippen LogP contribution in [0.2, 0.25) is 0 Å². The summed E-state index contributed by atoms with van der Waals surface area (Å²) in [6.07, 6.45) is 6.25. The molecule has 0 radical (unpaired) electrons. The molecular weight excluding hydrogens is 300 g/mol. The molecule has 1 N–H and O–H groups in total. The molecule has 0 bridgehead atoms. The molecule has 1 fully saturated rings. The van der Waals surface area contributed by atoms with Crippen molar-refractivity contribution in [3.8, 4) is 0 Å². The maximum absolute atomic E-state index is 12.7. The van der Waals surface area contributed by atoms with Gasteiger partial charge in [-0.3, -0.25) is 14.5 Å². The van der Waals surface area contributed by atoms with Crippen molar-refractivity contribution in [2.24, 2.45) is 5.92 Å². The van der Waals surface area contributed by atoms with E-state index in [4.69, 9.17) is 0 Å². The minimum Gasteiger partial charge on any atom is -0.354 e. The van der Waals surface area contributed by atoms with Gasteiger partial charge in [0.15, 0.2) is 0 Å². The molecule has 2 aromatic carbocycles. The standard InChI is InChI=1S/C20H22N2O2/c23-18(21-12-14-6-2-1-3-7-14)13-22-17-11-5-9-15-8-4-10-16(19(15)17)20(22)24/h4-5,8-11,14H,1-3,6-7,12-13H2,(H,21,23). The summed E-state index contributed by atoms with van der Waals surface area (Å²) in [5.41, 5.74) is 1.55. The zero-order chi connectivity index (χ0) is 16.5. The number of anilines is 1. The van der Waals surface area contributed by atoms with Gasteiger partial charge in [-0.1, -0.05) is 43.5 Å². The number of carbonyl (C=O) groups excluding carboxylic acids is 2. The highest BCUT2D eigenvalue weighted by atomic mass is 16.2. The quantitative estimate of drug-likeness (QED) is 0.936. The van der Waals surface area contributed by atoms with Gasteiger partial charge in [0.2, 0.25) is 5.91 Å². The Balaban J connectivity index is 1.46. The van der Waals surface area contributed by atoms with Crippen LogP contribution in [0.1, 0.15) is 42.5 Å². The monoisotopic (exact) mass is 322 g/mol. The number of carbonyl (C=O) groups is 2. The van der Waals surface area contributed by atoms with Gasteiger partial charge in [0, 0.05) is 17.5 Å². The Morgan fingerprint density at radius 3 is 2.62 bits per heavy atom. The van der Waals surface area contributed by atoms with Crippen molar-refractivity contribution < 1.29 is 9.59 Å². The summed E-state index contributed by atoms with van der Waals surface area (Å²) in [6, 6.07) is 11.6. The number of nitrogens with one attached hydrogen (secondary N) is 1. The van der Waals surface area contributed by atoms with Crippen molar-refractivity contribution in [2.45, 2.75) is 32.1 Å². The first-order chi connectivity index (χ1) is 11.7. The van der Waals surface area contributed by atoms with E-state index in [1.54, 1.807) is 4.90 Å². The van der Waals surface area contributed by atoms with Crippen LogP contribution in [0.25, 0.3) is 10.8 Å². The fourth-order valence-electron chi connectivity index (χ4n) is 3.99. The van der Waals surface area contributed by atoms with E-state index in [2.05, 4.69) is 5.32 Å². The topological polar surface area (TPSA) is 49.4 Å². The van der Waals surface area contributed by atoms with Crippen molar-refractivity contribution >= 4 is 28.3 Å². The van der Waals surface area contributed by atoms with Crippen LogP contribution >= 0.6 is 0 Å². The van der Waals surface area contributed by atoms with Crippen molar-refractivity contribution in [1.29, 1.82) is 0 Å². The average Bonchev–Trinajstić information content (AvgIpc) is 2.89. The molecule has 1 heterocycles. The molecule has 0 atom stereocenters. The fraction of sp³-hybridized carbons (Fsp3) is 0.400. The third kappa shape index (κ3) is 2.66. The number of hydrogen-bond donors (Lipinski definition) is 1. The Hall–Kier alpha value is -2.36. The molecule has 4 heteroatoms. The van der Waals surface area contributed by atoms with Gasteiger partial charge >= 0.3 is 0 Å². The first-order valence-electron chi connectivity index (χ1n) is 8.84. The second kappa shape index (κ2) is 6.27. The summed E-state index contributed by atoms with van der Waals surface area (Å²) >= 11 is 0. The van der Waals surface area contributed by atoms with E-state index in [0.29, 0.717) is 11.5 Å². The zero-order valence-corrected chi connectivity index (χ0v) is 13.8. The van der Waals surface area contributed by atoms with Crippen molar-refractivity contribution in [2.75, 3.05) is 18.0 Å². The van der Waals surface area contributed by atoms with Crippen LogP contribution < -0.4 is 10.2 Å². The highest BCUT2D eigenvalue weighted by Gasteiger charge is 2.30. The first-order valence-corrected chi connectivity index (χ1v) is 8.84. The second-order valence-electron chi connectivity index (χ2n) is 6.88. The third-order valence-electron chi connectivity index (χ3n) is 5.26. The number of rotatable bonds is 4. The molecule has 24 heavy (non-hydrogen) atoms. The smallest absolute Gasteiger partial charge is 0.259 e. The molecule has 0 saturated heterocycles. The maximum atomic E-state index is 12.7. The van der Waals surface area contributed by atoms with Gasteiger partial charge in [-0.15, -0.1) is 0 Å². The summed E-state index contributed by atoms with van der Waals surface area (Å²) in [6.45, 7) is 0.831. The van der Waals surface area contributed by atoms with Gasteiger partial charge in [-0.25, -0.2) is 0 Å². The van der Waals surface area contributed by atoms with Crippen LogP contribution in [-0.2, 0) is 4.79 Å². The Labute approximate surface area is 141 Å². The number of amides is 2. The van der Waals surface area contributed by atoms with Crippen LogP contribution in [0.15, 0.2) is 36.4 Å². The van der Waals surface area contributed by atoms with E-state index in [9.17, 15) is 9.59 Å². The fourth-order valence-corrected chi connectivity index (χ4v) is 3.99. The molecule has 2 aromatic rings. The molecular formula is C20H22N2O2. The lowest BCUT2D eigenvalue weighted by Crippen LogP contribution is -2.40. The normalized spacial score (nSPS) is 17.5. The number of hydrogen-bond acceptors (Lipinski definition) is 2. The van der Waals surface area contributed by atoms with Gasteiger partial charge in [0.25, 0.3) is 5.91 Å². The number of nitrogens with zero attached hydrogens (tertiary/aromatic N) is 1. The minimum atomic E-state index is -0.0744. The molecule has 2 aliphatic rings. The van der Waals surface area contributed by atoms with Crippen LogP contribution in [0.4, 0.5) is 5.69 Å². The lowest BCUT2D eigenvalue weighted by molar-refractivity contribution is -0.119. The highest BCUT2D eigenvalue weighted by molar-refractivity contribution is 6.26. The summed E-state index contributed by atoms with van der Waals surface area (Å²) < 4.78 is 0. The van der Waals surface area contributed by atoms with Gasteiger partial charge in [0.05, 0.1) is 5.69 Å². The Morgan fingerprint density at radius 1 is 1.08 bits per heavy atom. The van der Waals surface area contributed by atoms with Gasteiger partial charge in [-0.2, -0.15) is 0 Å². The molecule has 0 spiro atoms. The van der Waals surface area contributed by atoms with E-state index in [1.165, 1.54) is 32.1 Å². The molecule has 0 unspecified atom stereocenters. The van der Waals surface area contributed by atoms with Crippen molar-refractivity contribution in [1.82, 2.24) is 5.32 Å². The Morgan fingerprint density at radius 2 is 1.83 bits per heavy atom. The van der Waals surface area contributed by atoms with Crippen LogP contribution in [0, 0.1) is 5.92 Å². The molecule has 124 valence electrons. The second-order valence-corrected chi connectivity index (χ2v) is 6.88. The Kier molecular flexibility index (Phi) is 3.97. The van der Waals surface area contributed by atoms with Crippen LogP contribution in [0.3, 0.4) is 0 Å². The lowest BCUT2D eigenvalue weighted by atomic mass is 9.89. The zero-order valence-electron chi connectivity index (χ0n) is 13.8. The molecule has 1 saturated carbocycles. The third-order valence-corrected chi connectivity index (χ3v) is 5.26. The van der Waals surface area contributed by atoms with E-state index in [0.717, 1.165) is 23.0 Å².